The van der Waals surface area contributed by atoms with Gasteiger partial charge in [-0.3, -0.25) is 4.90 Å². The molecular weight excluding hydrogens is 402 g/mol. The smallest absolute Gasteiger partial charge is 0.271 e. The number of hydrogen-bond acceptors (Lipinski definition) is 8. The van der Waals surface area contributed by atoms with E-state index in [2.05, 4.69) is 6.07 Å². The molecule has 1 aromatic carbocycles. The van der Waals surface area contributed by atoms with Gasteiger partial charge in [0.1, 0.15) is 0 Å². The lowest BCUT2D eigenvalue weighted by atomic mass is 9.54. The molecular formula is C23H33NO7. The van der Waals surface area contributed by atoms with Gasteiger partial charge in [-0.1, -0.05) is 6.07 Å². The standard InChI is InChI=1S/C23H33NO7/c1-24-12-11-21-13-22(24,25)23(29-5,30-6)20(28-4)16(21)9-7-15-8-10-17(27-3)19(18(15)21)31-14-26-2/h8,10,25H,7,9,11-14H2,1-6H3/t21-,22+/m1/s1. The summed E-state index contributed by atoms with van der Waals surface area (Å²) in [5.41, 5.74) is 1.35. The third kappa shape index (κ3) is 2.79. The van der Waals surface area contributed by atoms with E-state index in [9.17, 15) is 5.11 Å². The van der Waals surface area contributed by atoms with Crippen molar-refractivity contribution in [3.05, 3.63) is 34.6 Å². The number of ether oxygens (including phenoxy) is 6. The van der Waals surface area contributed by atoms with Crippen LogP contribution in [0.15, 0.2) is 23.5 Å². The topological polar surface area (TPSA) is 78.9 Å². The first-order valence-corrected chi connectivity index (χ1v) is 10.5. The van der Waals surface area contributed by atoms with Crippen LogP contribution in [0, 0.1) is 0 Å². The van der Waals surface area contributed by atoms with E-state index in [1.165, 1.54) is 5.56 Å². The van der Waals surface area contributed by atoms with Crippen molar-refractivity contribution in [2.24, 2.45) is 0 Å². The van der Waals surface area contributed by atoms with Crippen LogP contribution in [0.1, 0.15) is 30.4 Å². The zero-order chi connectivity index (χ0) is 22.4. The molecule has 0 saturated carbocycles. The SMILES string of the molecule is COCOc1c(OC)ccc2c1[C@]13CCN(C)[C@](O)(C1)C(OC)(OC)C(OC)=C3CC2. The maximum atomic E-state index is 12.1. The minimum atomic E-state index is -1.44. The Morgan fingerprint density at radius 2 is 1.77 bits per heavy atom. The maximum Gasteiger partial charge on any atom is 0.271 e. The highest BCUT2D eigenvalue weighted by Crippen LogP contribution is 2.63. The lowest BCUT2D eigenvalue weighted by molar-refractivity contribution is -0.354. The van der Waals surface area contributed by atoms with Gasteiger partial charge in [0.25, 0.3) is 5.79 Å². The van der Waals surface area contributed by atoms with E-state index >= 15 is 0 Å². The number of benzene rings is 1. The number of piperidine rings is 1. The van der Waals surface area contributed by atoms with Crippen molar-refractivity contribution in [3.63, 3.8) is 0 Å². The quantitative estimate of drug-likeness (QED) is 0.653. The second kappa shape index (κ2) is 7.94. The van der Waals surface area contributed by atoms with Crippen molar-refractivity contribution in [2.45, 2.75) is 42.6 Å². The Morgan fingerprint density at radius 1 is 1.03 bits per heavy atom. The first-order valence-electron chi connectivity index (χ1n) is 10.5. The van der Waals surface area contributed by atoms with E-state index in [0.29, 0.717) is 30.2 Å². The van der Waals surface area contributed by atoms with Crippen LogP contribution >= 0.6 is 0 Å². The molecule has 2 atom stereocenters. The summed E-state index contributed by atoms with van der Waals surface area (Å²) in [6, 6.07) is 4.03. The van der Waals surface area contributed by atoms with Crippen LogP contribution in [-0.4, -0.2) is 77.5 Å². The fourth-order valence-electron chi connectivity index (χ4n) is 6.00. The summed E-state index contributed by atoms with van der Waals surface area (Å²) in [4.78, 5) is 1.89. The van der Waals surface area contributed by atoms with E-state index in [1.807, 2.05) is 18.0 Å². The Kier molecular flexibility index (Phi) is 5.72. The van der Waals surface area contributed by atoms with Gasteiger partial charge in [0.2, 0.25) is 0 Å². The Morgan fingerprint density at radius 3 is 2.39 bits per heavy atom. The Hall–Kier alpha value is -1.84. The molecule has 1 spiro atoms. The van der Waals surface area contributed by atoms with E-state index in [0.717, 1.165) is 30.4 Å². The van der Waals surface area contributed by atoms with Crippen molar-refractivity contribution in [2.75, 3.05) is 55.9 Å². The summed E-state index contributed by atoms with van der Waals surface area (Å²) in [7, 11) is 9.81. The molecule has 4 rings (SSSR count). The van der Waals surface area contributed by atoms with Gasteiger partial charge in [-0.15, -0.1) is 0 Å². The summed E-state index contributed by atoms with van der Waals surface area (Å²) >= 11 is 0. The van der Waals surface area contributed by atoms with Gasteiger partial charge < -0.3 is 33.5 Å². The molecule has 1 aromatic rings. The number of likely N-dealkylation sites (N-methyl/N-ethyl adjacent to an activating group) is 1. The fraction of sp³-hybridized carbons (Fsp3) is 0.652. The average molecular weight is 436 g/mol. The molecule has 1 saturated heterocycles. The minimum Gasteiger partial charge on any atom is -0.495 e. The molecule has 8 heteroatoms. The fourth-order valence-corrected chi connectivity index (χ4v) is 6.00. The number of fused-ring (bicyclic) bond motifs is 2. The van der Waals surface area contributed by atoms with Crippen molar-refractivity contribution >= 4 is 0 Å². The molecule has 0 amide bonds. The number of hydrogen-bond donors (Lipinski definition) is 1. The predicted octanol–water partition coefficient (Wildman–Crippen LogP) is 2.18. The highest BCUT2D eigenvalue weighted by atomic mass is 16.7. The Bertz CT molecular complexity index is 881. The second-order valence-electron chi connectivity index (χ2n) is 8.47. The zero-order valence-corrected chi connectivity index (χ0v) is 19.2. The van der Waals surface area contributed by atoms with Crippen LogP contribution in [0.3, 0.4) is 0 Å². The largest absolute Gasteiger partial charge is 0.495 e. The van der Waals surface area contributed by atoms with Crippen LogP contribution < -0.4 is 9.47 Å². The summed E-state index contributed by atoms with van der Waals surface area (Å²) < 4.78 is 34.7. The molecule has 1 fully saturated rings. The summed E-state index contributed by atoms with van der Waals surface area (Å²) in [6.07, 6.45) is 2.76. The molecule has 8 nitrogen and oxygen atoms in total. The van der Waals surface area contributed by atoms with Gasteiger partial charge in [0.15, 0.2) is 29.8 Å². The van der Waals surface area contributed by atoms with Crippen LogP contribution in [-0.2, 0) is 30.8 Å². The van der Waals surface area contributed by atoms with E-state index < -0.39 is 16.9 Å². The number of methoxy groups -OCH3 is 5. The number of aryl methyl sites for hydroxylation is 1. The first-order chi connectivity index (χ1) is 14.9. The second-order valence-corrected chi connectivity index (χ2v) is 8.47. The van der Waals surface area contributed by atoms with Gasteiger partial charge in [-0.2, -0.15) is 0 Å². The molecule has 0 aromatic heterocycles. The van der Waals surface area contributed by atoms with Gasteiger partial charge in [0, 0.05) is 45.3 Å². The minimum absolute atomic E-state index is 0.101. The number of aliphatic hydroxyl groups is 1. The number of rotatable bonds is 7. The van der Waals surface area contributed by atoms with Gasteiger partial charge >= 0.3 is 0 Å². The lowest BCUT2D eigenvalue weighted by Crippen LogP contribution is -2.74. The first kappa shape index (κ1) is 22.4. The summed E-state index contributed by atoms with van der Waals surface area (Å²) in [5.74, 6) is 0.399. The van der Waals surface area contributed by atoms with E-state index in [-0.39, 0.29) is 6.79 Å². The normalized spacial score (nSPS) is 29.3. The maximum absolute atomic E-state index is 12.1. The van der Waals surface area contributed by atoms with Crippen molar-refractivity contribution in [1.29, 1.82) is 0 Å². The third-order valence-corrected chi connectivity index (χ3v) is 7.38. The molecule has 31 heavy (non-hydrogen) atoms. The predicted molar refractivity (Wildman–Crippen MR) is 113 cm³/mol. The third-order valence-electron chi connectivity index (χ3n) is 7.38. The molecule has 1 heterocycles. The summed E-state index contributed by atoms with van der Waals surface area (Å²) in [6.45, 7) is 0.745. The van der Waals surface area contributed by atoms with Crippen LogP contribution in [0.25, 0.3) is 0 Å². The molecule has 0 radical (unpaired) electrons. The highest BCUT2D eigenvalue weighted by Gasteiger charge is 2.70. The highest BCUT2D eigenvalue weighted by molar-refractivity contribution is 5.62. The van der Waals surface area contributed by atoms with Crippen LogP contribution in [0.4, 0.5) is 0 Å². The van der Waals surface area contributed by atoms with Crippen molar-refractivity contribution < 1.29 is 33.5 Å². The lowest BCUT2D eigenvalue weighted by Gasteiger charge is -2.62. The average Bonchev–Trinajstić information content (AvgIpc) is 2.79. The Labute approximate surface area is 183 Å². The number of allylic oxidation sites excluding steroid dienone is 1. The van der Waals surface area contributed by atoms with E-state index in [4.69, 9.17) is 28.4 Å². The Balaban J connectivity index is 2.05. The zero-order valence-electron chi connectivity index (χ0n) is 19.2. The van der Waals surface area contributed by atoms with E-state index in [1.54, 1.807) is 35.5 Å². The molecule has 2 bridgehead atoms. The monoisotopic (exact) mass is 435 g/mol. The van der Waals surface area contributed by atoms with Crippen molar-refractivity contribution in [3.8, 4) is 11.5 Å². The van der Waals surface area contributed by atoms with Gasteiger partial charge in [-0.05, 0) is 43.5 Å². The number of likely N-dealkylation sites (tertiary alicyclic amines) is 1. The molecule has 2 aliphatic carbocycles. The van der Waals surface area contributed by atoms with Crippen molar-refractivity contribution in [1.82, 2.24) is 4.90 Å². The molecule has 1 N–H and O–H groups in total. The molecule has 172 valence electrons. The molecule has 3 aliphatic rings. The molecule has 0 unspecified atom stereocenters. The molecule has 1 aliphatic heterocycles. The van der Waals surface area contributed by atoms with Gasteiger partial charge in [-0.25, -0.2) is 0 Å². The van der Waals surface area contributed by atoms with Gasteiger partial charge in [0.05, 0.1) is 14.2 Å². The van der Waals surface area contributed by atoms with Crippen LogP contribution in [0.5, 0.6) is 11.5 Å². The van der Waals surface area contributed by atoms with Crippen LogP contribution in [0.2, 0.25) is 0 Å². The summed E-state index contributed by atoms with van der Waals surface area (Å²) in [5, 5.41) is 12.1. The number of nitrogens with zero attached hydrogens (tertiary/aromatic N) is 1.